The predicted molar refractivity (Wildman–Crippen MR) is 68.2 cm³/mol. The molecule has 0 aromatic carbocycles. The second-order valence-electron chi connectivity index (χ2n) is 5.53. The SMILES string of the molecule is CC1CNC(C)CCN(CC2COCCO2)C1. The fourth-order valence-corrected chi connectivity index (χ4v) is 2.57. The Bertz CT molecular complexity index is 219. The first-order valence-corrected chi connectivity index (χ1v) is 6.89. The van der Waals surface area contributed by atoms with E-state index in [1.54, 1.807) is 0 Å². The van der Waals surface area contributed by atoms with Gasteiger partial charge < -0.3 is 19.7 Å². The number of nitrogens with zero attached hydrogens (tertiary/aromatic N) is 1. The van der Waals surface area contributed by atoms with Gasteiger partial charge >= 0.3 is 0 Å². The molecule has 0 spiro atoms. The van der Waals surface area contributed by atoms with E-state index in [1.807, 2.05) is 0 Å². The van der Waals surface area contributed by atoms with Gasteiger partial charge in [0.05, 0.1) is 25.9 Å². The molecule has 0 amide bonds. The van der Waals surface area contributed by atoms with Crippen LogP contribution in [0.4, 0.5) is 0 Å². The molecule has 0 aromatic heterocycles. The maximum absolute atomic E-state index is 5.73. The Morgan fingerprint density at radius 2 is 2.18 bits per heavy atom. The van der Waals surface area contributed by atoms with Gasteiger partial charge in [0.1, 0.15) is 0 Å². The van der Waals surface area contributed by atoms with Gasteiger partial charge in [0.25, 0.3) is 0 Å². The van der Waals surface area contributed by atoms with Crippen molar-refractivity contribution in [1.29, 1.82) is 0 Å². The largest absolute Gasteiger partial charge is 0.376 e. The molecule has 4 heteroatoms. The Balaban J connectivity index is 1.80. The summed E-state index contributed by atoms with van der Waals surface area (Å²) in [5.41, 5.74) is 0. The average Bonchev–Trinajstić information content (AvgIpc) is 2.33. The Morgan fingerprint density at radius 3 is 2.94 bits per heavy atom. The summed E-state index contributed by atoms with van der Waals surface area (Å²) in [4.78, 5) is 2.54. The molecule has 1 N–H and O–H groups in total. The van der Waals surface area contributed by atoms with Crippen LogP contribution in [-0.2, 0) is 9.47 Å². The fraction of sp³-hybridized carbons (Fsp3) is 1.00. The molecule has 3 atom stereocenters. The third kappa shape index (κ3) is 4.54. The highest BCUT2D eigenvalue weighted by molar-refractivity contribution is 4.76. The quantitative estimate of drug-likeness (QED) is 0.774. The third-order valence-electron chi connectivity index (χ3n) is 3.61. The second kappa shape index (κ2) is 6.69. The lowest BCUT2D eigenvalue weighted by molar-refractivity contribution is -0.0987. The van der Waals surface area contributed by atoms with Gasteiger partial charge in [-0.25, -0.2) is 0 Å². The van der Waals surface area contributed by atoms with Gasteiger partial charge in [0.2, 0.25) is 0 Å². The van der Waals surface area contributed by atoms with E-state index in [0.29, 0.717) is 12.0 Å². The van der Waals surface area contributed by atoms with Crippen LogP contribution >= 0.6 is 0 Å². The molecule has 0 radical (unpaired) electrons. The molecule has 2 fully saturated rings. The molecule has 0 saturated carbocycles. The van der Waals surface area contributed by atoms with Crippen molar-refractivity contribution in [2.45, 2.75) is 32.4 Å². The minimum Gasteiger partial charge on any atom is -0.376 e. The predicted octanol–water partition coefficient (Wildman–Crippen LogP) is 0.722. The van der Waals surface area contributed by atoms with Crippen molar-refractivity contribution in [3.63, 3.8) is 0 Å². The van der Waals surface area contributed by atoms with Gasteiger partial charge in [-0.1, -0.05) is 6.92 Å². The van der Waals surface area contributed by atoms with Crippen LogP contribution in [0.1, 0.15) is 20.3 Å². The second-order valence-corrected chi connectivity index (χ2v) is 5.53. The standard InChI is InChI=1S/C13H26N2O2/c1-11-7-14-12(2)3-4-15(8-11)9-13-10-16-5-6-17-13/h11-14H,3-10H2,1-2H3. The fourth-order valence-electron chi connectivity index (χ4n) is 2.57. The lowest BCUT2D eigenvalue weighted by Gasteiger charge is -2.34. The van der Waals surface area contributed by atoms with E-state index in [0.717, 1.165) is 32.9 Å². The summed E-state index contributed by atoms with van der Waals surface area (Å²) in [6, 6.07) is 0.628. The summed E-state index contributed by atoms with van der Waals surface area (Å²) in [5.74, 6) is 0.710. The van der Waals surface area contributed by atoms with Gasteiger partial charge in [-0.05, 0) is 32.4 Å². The van der Waals surface area contributed by atoms with Crippen molar-refractivity contribution in [3.05, 3.63) is 0 Å². The normalized spacial score (nSPS) is 37.4. The van der Waals surface area contributed by atoms with E-state index in [4.69, 9.17) is 9.47 Å². The van der Waals surface area contributed by atoms with Crippen molar-refractivity contribution in [3.8, 4) is 0 Å². The van der Waals surface area contributed by atoms with Crippen molar-refractivity contribution in [2.75, 3.05) is 46.0 Å². The van der Waals surface area contributed by atoms with Gasteiger partial charge in [-0.15, -0.1) is 0 Å². The van der Waals surface area contributed by atoms with Gasteiger partial charge in [-0.2, -0.15) is 0 Å². The third-order valence-corrected chi connectivity index (χ3v) is 3.61. The molecular weight excluding hydrogens is 216 g/mol. The molecule has 0 aromatic rings. The maximum Gasteiger partial charge on any atom is 0.0936 e. The number of rotatable bonds is 2. The van der Waals surface area contributed by atoms with Crippen molar-refractivity contribution in [2.24, 2.45) is 5.92 Å². The van der Waals surface area contributed by atoms with Crippen LogP contribution in [-0.4, -0.2) is 63.0 Å². The molecule has 3 unspecified atom stereocenters. The van der Waals surface area contributed by atoms with E-state index in [9.17, 15) is 0 Å². The summed E-state index contributed by atoms with van der Waals surface area (Å²) in [7, 11) is 0. The molecule has 2 heterocycles. The van der Waals surface area contributed by atoms with E-state index >= 15 is 0 Å². The Labute approximate surface area is 105 Å². The van der Waals surface area contributed by atoms with Gasteiger partial charge in [0.15, 0.2) is 0 Å². The Hall–Kier alpha value is -0.160. The highest BCUT2D eigenvalue weighted by atomic mass is 16.6. The summed E-state index contributed by atoms with van der Waals surface area (Å²) >= 11 is 0. The van der Waals surface area contributed by atoms with Crippen molar-refractivity contribution >= 4 is 0 Å². The first-order valence-electron chi connectivity index (χ1n) is 6.89. The first kappa shape index (κ1) is 13.3. The molecule has 0 aliphatic carbocycles. The summed E-state index contributed by atoms with van der Waals surface area (Å²) in [5, 5.41) is 3.58. The molecule has 100 valence electrons. The van der Waals surface area contributed by atoms with Crippen LogP contribution in [0.25, 0.3) is 0 Å². The number of ether oxygens (including phenoxy) is 2. The molecule has 2 rings (SSSR count). The molecule has 2 aliphatic heterocycles. The summed E-state index contributed by atoms with van der Waals surface area (Å²) < 4.78 is 11.2. The zero-order valence-electron chi connectivity index (χ0n) is 11.2. The molecule has 0 bridgehead atoms. The Morgan fingerprint density at radius 1 is 1.29 bits per heavy atom. The van der Waals surface area contributed by atoms with Crippen LogP contribution in [0.5, 0.6) is 0 Å². The van der Waals surface area contributed by atoms with Crippen LogP contribution in [0.15, 0.2) is 0 Å². The van der Waals surface area contributed by atoms with Crippen LogP contribution in [0, 0.1) is 5.92 Å². The van der Waals surface area contributed by atoms with E-state index < -0.39 is 0 Å². The van der Waals surface area contributed by atoms with Crippen LogP contribution in [0.3, 0.4) is 0 Å². The molecular formula is C13H26N2O2. The Kier molecular flexibility index (Phi) is 5.22. The zero-order valence-corrected chi connectivity index (χ0v) is 11.2. The summed E-state index contributed by atoms with van der Waals surface area (Å²) in [6.07, 6.45) is 1.50. The monoisotopic (exact) mass is 242 g/mol. The zero-order chi connectivity index (χ0) is 12.1. The van der Waals surface area contributed by atoms with Crippen LogP contribution in [0.2, 0.25) is 0 Å². The van der Waals surface area contributed by atoms with Crippen LogP contribution < -0.4 is 5.32 Å². The van der Waals surface area contributed by atoms with Gasteiger partial charge in [-0.3, -0.25) is 0 Å². The molecule has 17 heavy (non-hydrogen) atoms. The minimum atomic E-state index is 0.277. The van der Waals surface area contributed by atoms with Gasteiger partial charge in [0, 0.05) is 19.1 Å². The lowest BCUT2D eigenvalue weighted by Crippen LogP contribution is -2.46. The van der Waals surface area contributed by atoms with Crippen molar-refractivity contribution < 1.29 is 9.47 Å². The smallest absolute Gasteiger partial charge is 0.0936 e. The van der Waals surface area contributed by atoms with E-state index in [-0.39, 0.29) is 6.10 Å². The molecule has 4 nitrogen and oxygen atoms in total. The first-order chi connectivity index (χ1) is 8.24. The van der Waals surface area contributed by atoms with E-state index in [2.05, 4.69) is 24.1 Å². The average molecular weight is 242 g/mol. The minimum absolute atomic E-state index is 0.277. The molecule has 2 aliphatic rings. The highest BCUT2D eigenvalue weighted by Gasteiger charge is 2.21. The topological polar surface area (TPSA) is 33.7 Å². The van der Waals surface area contributed by atoms with E-state index in [1.165, 1.54) is 19.5 Å². The maximum atomic E-state index is 5.73. The van der Waals surface area contributed by atoms with Crippen molar-refractivity contribution in [1.82, 2.24) is 10.2 Å². The number of hydrogen-bond donors (Lipinski definition) is 1. The highest BCUT2D eigenvalue weighted by Crippen LogP contribution is 2.10. The number of hydrogen-bond acceptors (Lipinski definition) is 4. The molecule has 2 saturated heterocycles. The summed E-state index contributed by atoms with van der Waals surface area (Å²) in [6.45, 7) is 11.3. The lowest BCUT2D eigenvalue weighted by atomic mass is 10.1. The number of nitrogens with one attached hydrogen (secondary N) is 1.